The maximum atomic E-state index is 9.62. The number of benzene rings is 2. The van der Waals surface area contributed by atoms with Crippen LogP contribution in [0, 0.1) is 18.3 Å². The van der Waals surface area contributed by atoms with Gasteiger partial charge in [-0.25, -0.2) is 0 Å². The lowest BCUT2D eigenvalue weighted by molar-refractivity contribution is 0.828. The van der Waals surface area contributed by atoms with Crippen LogP contribution in [0.2, 0.25) is 5.02 Å². The van der Waals surface area contributed by atoms with Gasteiger partial charge in [0, 0.05) is 33.7 Å². The summed E-state index contributed by atoms with van der Waals surface area (Å²) in [4.78, 5) is 0. The number of aromatic nitrogens is 1. The summed E-state index contributed by atoms with van der Waals surface area (Å²) >= 11 is 6.07. The van der Waals surface area contributed by atoms with Gasteiger partial charge in [0.15, 0.2) is 0 Å². The smallest absolute Gasteiger partial charge is 0.0998 e. The molecule has 2 nitrogen and oxygen atoms in total. The van der Waals surface area contributed by atoms with Crippen molar-refractivity contribution in [2.24, 2.45) is 0 Å². The quantitative estimate of drug-likeness (QED) is 0.435. The lowest BCUT2D eigenvalue weighted by atomic mass is 10.0. The molecule has 118 valence electrons. The van der Waals surface area contributed by atoms with E-state index in [0.717, 1.165) is 34.3 Å². The molecule has 0 N–H and O–H groups in total. The van der Waals surface area contributed by atoms with Crippen molar-refractivity contribution in [1.82, 2.24) is 4.57 Å². The van der Waals surface area contributed by atoms with Gasteiger partial charge in [0.2, 0.25) is 0 Å². The highest BCUT2D eigenvalue weighted by molar-refractivity contribution is 6.30. The predicted octanol–water partition coefficient (Wildman–Crippen LogP) is 5.85. The third-order valence-electron chi connectivity index (χ3n) is 4.14. The molecule has 1 heterocycles. The maximum Gasteiger partial charge on any atom is 0.0998 e. The molecule has 3 rings (SSSR count). The number of rotatable bonds is 4. The summed E-state index contributed by atoms with van der Waals surface area (Å²) in [5.41, 5.74) is 4.74. The number of halogens is 1. The predicted molar refractivity (Wildman–Crippen MR) is 102 cm³/mol. The Kier molecular flexibility index (Phi) is 4.55. The molecule has 0 saturated heterocycles. The lowest BCUT2D eigenvalue weighted by Crippen LogP contribution is -1.97. The molecule has 0 bridgehead atoms. The summed E-state index contributed by atoms with van der Waals surface area (Å²) < 4.78 is 2.21. The minimum absolute atomic E-state index is 0.599. The second kappa shape index (κ2) is 6.78. The van der Waals surface area contributed by atoms with Crippen molar-refractivity contribution in [2.75, 3.05) is 0 Å². The van der Waals surface area contributed by atoms with Gasteiger partial charge in [0.1, 0.15) is 0 Å². The van der Waals surface area contributed by atoms with E-state index in [1.807, 2.05) is 42.5 Å². The fraction of sp³-hybridized carbons (Fsp3) is 0.0952. The third-order valence-corrected chi connectivity index (χ3v) is 4.37. The van der Waals surface area contributed by atoms with Gasteiger partial charge in [-0.05, 0) is 36.8 Å². The minimum Gasteiger partial charge on any atom is -0.340 e. The monoisotopic (exact) mass is 332 g/mol. The number of para-hydroxylation sites is 1. The van der Waals surface area contributed by atoms with E-state index in [1.165, 1.54) is 0 Å². The zero-order valence-electron chi connectivity index (χ0n) is 13.5. The summed E-state index contributed by atoms with van der Waals surface area (Å²) in [6.45, 7) is 6.65. The molecule has 0 aliphatic heterocycles. The van der Waals surface area contributed by atoms with Crippen molar-refractivity contribution in [3.8, 4) is 6.07 Å². The van der Waals surface area contributed by atoms with Gasteiger partial charge in [-0.3, -0.25) is 0 Å². The van der Waals surface area contributed by atoms with Crippen LogP contribution < -0.4 is 0 Å². The van der Waals surface area contributed by atoms with Gasteiger partial charge >= 0.3 is 0 Å². The molecular weight excluding hydrogens is 316 g/mol. The molecule has 0 unspecified atom stereocenters. The van der Waals surface area contributed by atoms with E-state index < -0.39 is 0 Å². The average Bonchev–Trinajstić information content (AvgIpc) is 2.85. The minimum atomic E-state index is 0.599. The summed E-state index contributed by atoms with van der Waals surface area (Å²) in [6, 6.07) is 17.9. The largest absolute Gasteiger partial charge is 0.340 e. The molecule has 2 aromatic carbocycles. The van der Waals surface area contributed by atoms with Crippen LogP contribution in [-0.2, 0) is 6.54 Å². The Bertz CT molecular complexity index is 987. The highest BCUT2D eigenvalue weighted by Crippen LogP contribution is 2.30. The number of nitrogens with zero attached hydrogens (tertiary/aromatic N) is 2. The van der Waals surface area contributed by atoms with E-state index in [1.54, 1.807) is 6.07 Å². The first-order chi connectivity index (χ1) is 11.7. The summed E-state index contributed by atoms with van der Waals surface area (Å²) in [7, 11) is 0. The molecular formula is C21H17ClN2. The van der Waals surface area contributed by atoms with Crippen LogP contribution in [0.15, 0.2) is 61.2 Å². The Balaban J connectivity index is 2.24. The molecule has 24 heavy (non-hydrogen) atoms. The standard InChI is InChI=1S/C21H17ClN2/c1-3-11-24-15(2)20(19-9-4-5-10-21(19)24)13-17(14-23)16-7-6-8-18(22)12-16/h3-10,12-13H,1,11H2,2H3/b17-13+. The Labute approximate surface area is 146 Å². The van der Waals surface area contributed by atoms with Gasteiger partial charge in [-0.15, -0.1) is 6.58 Å². The number of allylic oxidation sites excluding steroid dienone is 2. The van der Waals surface area contributed by atoms with Gasteiger partial charge in [-0.2, -0.15) is 5.26 Å². The number of hydrogen-bond donors (Lipinski definition) is 0. The molecule has 1 aromatic heterocycles. The van der Waals surface area contributed by atoms with Crippen LogP contribution in [0.5, 0.6) is 0 Å². The van der Waals surface area contributed by atoms with Crippen molar-refractivity contribution >= 4 is 34.2 Å². The van der Waals surface area contributed by atoms with Crippen LogP contribution in [0.3, 0.4) is 0 Å². The first-order valence-corrected chi connectivity index (χ1v) is 8.10. The molecule has 0 fully saturated rings. The van der Waals surface area contributed by atoms with Crippen molar-refractivity contribution in [3.05, 3.63) is 83.0 Å². The number of fused-ring (bicyclic) bond motifs is 1. The average molecular weight is 333 g/mol. The first-order valence-electron chi connectivity index (χ1n) is 7.72. The molecule has 0 atom stereocenters. The Hall–Kier alpha value is -2.76. The van der Waals surface area contributed by atoms with E-state index in [4.69, 9.17) is 11.6 Å². The van der Waals surface area contributed by atoms with Gasteiger partial charge in [0.25, 0.3) is 0 Å². The maximum absolute atomic E-state index is 9.62. The summed E-state index contributed by atoms with van der Waals surface area (Å²) in [5, 5.41) is 11.4. The first kappa shape index (κ1) is 16.1. The summed E-state index contributed by atoms with van der Waals surface area (Å²) in [5.74, 6) is 0. The highest BCUT2D eigenvalue weighted by Gasteiger charge is 2.12. The molecule has 3 aromatic rings. The van der Waals surface area contributed by atoms with Crippen LogP contribution in [0.1, 0.15) is 16.8 Å². The van der Waals surface area contributed by atoms with E-state index in [0.29, 0.717) is 10.6 Å². The second-order valence-electron chi connectivity index (χ2n) is 5.60. The molecule has 0 spiro atoms. The molecule has 0 aliphatic carbocycles. The molecule has 0 saturated carbocycles. The fourth-order valence-electron chi connectivity index (χ4n) is 2.98. The van der Waals surface area contributed by atoms with Crippen molar-refractivity contribution in [2.45, 2.75) is 13.5 Å². The molecule has 3 heteroatoms. The lowest BCUT2D eigenvalue weighted by Gasteiger charge is -2.04. The molecule has 0 amide bonds. The van der Waals surface area contributed by atoms with E-state index in [-0.39, 0.29) is 0 Å². The van der Waals surface area contributed by atoms with Gasteiger partial charge in [-0.1, -0.05) is 48.0 Å². The van der Waals surface area contributed by atoms with Crippen LogP contribution in [0.25, 0.3) is 22.6 Å². The van der Waals surface area contributed by atoms with Crippen LogP contribution in [-0.4, -0.2) is 4.57 Å². The molecule has 0 radical (unpaired) electrons. The van der Waals surface area contributed by atoms with Gasteiger partial charge < -0.3 is 4.57 Å². The van der Waals surface area contributed by atoms with Crippen LogP contribution in [0.4, 0.5) is 0 Å². The molecule has 0 aliphatic rings. The zero-order valence-corrected chi connectivity index (χ0v) is 14.2. The van der Waals surface area contributed by atoms with Crippen molar-refractivity contribution < 1.29 is 0 Å². The van der Waals surface area contributed by atoms with Crippen molar-refractivity contribution in [3.63, 3.8) is 0 Å². The topological polar surface area (TPSA) is 28.7 Å². The third kappa shape index (κ3) is 2.87. The van der Waals surface area contributed by atoms with Crippen molar-refractivity contribution in [1.29, 1.82) is 5.26 Å². The number of nitriles is 1. The Morgan fingerprint density at radius 3 is 2.75 bits per heavy atom. The zero-order chi connectivity index (χ0) is 17.1. The Morgan fingerprint density at radius 1 is 1.25 bits per heavy atom. The fourth-order valence-corrected chi connectivity index (χ4v) is 3.18. The summed E-state index contributed by atoms with van der Waals surface area (Å²) in [6.07, 6.45) is 3.83. The van der Waals surface area contributed by atoms with Gasteiger partial charge in [0.05, 0.1) is 11.6 Å². The Morgan fingerprint density at radius 2 is 2.04 bits per heavy atom. The van der Waals surface area contributed by atoms with E-state index in [2.05, 4.69) is 36.3 Å². The highest BCUT2D eigenvalue weighted by atomic mass is 35.5. The normalized spacial score (nSPS) is 11.5. The second-order valence-corrected chi connectivity index (χ2v) is 6.03. The van der Waals surface area contributed by atoms with Crippen LogP contribution >= 0.6 is 11.6 Å². The number of hydrogen-bond acceptors (Lipinski definition) is 1. The SMILES string of the molecule is C=CCn1c(C)c(/C=C(\C#N)c2cccc(Cl)c2)c2ccccc21. The van der Waals surface area contributed by atoms with E-state index in [9.17, 15) is 5.26 Å². The van der Waals surface area contributed by atoms with E-state index >= 15 is 0 Å².